The van der Waals surface area contributed by atoms with Crippen LogP contribution in [0.1, 0.15) is 69.5 Å². The lowest BCUT2D eigenvalue weighted by atomic mass is 9.90. The molecule has 8 heteroatoms. The van der Waals surface area contributed by atoms with Gasteiger partial charge in [-0.2, -0.15) is 0 Å². The molecule has 1 amide bonds. The van der Waals surface area contributed by atoms with E-state index in [1.165, 1.54) is 6.07 Å². The minimum Gasteiger partial charge on any atom is -0.490 e. The smallest absolute Gasteiger partial charge is 0.220 e. The van der Waals surface area contributed by atoms with E-state index in [2.05, 4.69) is 15.6 Å². The number of ether oxygens (including phenoxy) is 1. The molecular weight excluding hydrogens is 423 g/mol. The number of nitrogens with zero attached hydrogens (tertiary/aromatic N) is 3. The van der Waals surface area contributed by atoms with Crippen molar-refractivity contribution >= 4 is 5.91 Å². The van der Waals surface area contributed by atoms with Gasteiger partial charge < -0.3 is 15.2 Å². The van der Waals surface area contributed by atoms with E-state index in [0.717, 1.165) is 57.2 Å². The summed E-state index contributed by atoms with van der Waals surface area (Å²) < 4.78 is 21.7. The Morgan fingerprint density at radius 2 is 2.12 bits per heavy atom. The van der Waals surface area contributed by atoms with Gasteiger partial charge in [0.1, 0.15) is 5.60 Å². The van der Waals surface area contributed by atoms with Crippen molar-refractivity contribution in [3.05, 3.63) is 41.5 Å². The molecule has 2 aromatic rings. The standard InChI is InChI=1S/C25H35FN4O3/c1-2-25(32,20-10-11-22(26)23(13-20)33-16-19-7-8-19)17-30-21(15-28-29-30)6-4-3-5-18-9-12-24(31)27-14-18/h10-11,13,15,18-19,32H,2-9,12,14,16-17H2,1H3,(H,27,31)/t18?,25-/m1/s1. The van der Waals surface area contributed by atoms with Crippen LogP contribution >= 0.6 is 0 Å². The van der Waals surface area contributed by atoms with E-state index in [4.69, 9.17) is 4.74 Å². The number of carbonyl (C=O) groups is 1. The Labute approximate surface area is 194 Å². The number of hydrogen-bond acceptors (Lipinski definition) is 5. The highest BCUT2D eigenvalue weighted by Gasteiger charge is 2.31. The van der Waals surface area contributed by atoms with Crippen LogP contribution in [-0.2, 0) is 23.4 Å². The maximum absolute atomic E-state index is 14.2. The molecule has 2 heterocycles. The average molecular weight is 459 g/mol. The van der Waals surface area contributed by atoms with Gasteiger partial charge in [-0.25, -0.2) is 9.07 Å². The lowest BCUT2D eigenvalue weighted by Gasteiger charge is -2.28. The zero-order valence-electron chi connectivity index (χ0n) is 19.4. The van der Waals surface area contributed by atoms with Crippen LogP contribution in [0.15, 0.2) is 24.4 Å². The predicted molar refractivity (Wildman–Crippen MR) is 122 cm³/mol. The second-order valence-corrected chi connectivity index (χ2v) is 9.62. The van der Waals surface area contributed by atoms with Gasteiger partial charge in [0, 0.05) is 13.0 Å². The first-order valence-electron chi connectivity index (χ1n) is 12.3. The molecule has 1 saturated heterocycles. The molecule has 1 aliphatic heterocycles. The summed E-state index contributed by atoms with van der Waals surface area (Å²) in [6.07, 6.45) is 10.1. The van der Waals surface area contributed by atoms with Gasteiger partial charge in [-0.3, -0.25) is 4.79 Å². The molecule has 2 aliphatic rings. The molecule has 0 bridgehead atoms. The Morgan fingerprint density at radius 1 is 1.27 bits per heavy atom. The highest BCUT2D eigenvalue weighted by Crippen LogP contribution is 2.34. The second kappa shape index (κ2) is 10.6. The van der Waals surface area contributed by atoms with E-state index >= 15 is 0 Å². The van der Waals surface area contributed by atoms with Gasteiger partial charge in [0.05, 0.1) is 25.0 Å². The van der Waals surface area contributed by atoms with E-state index in [0.29, 0.717) is 36.8 Å². The van der Waals surface area contributed by atoms with E-state index < -0.39 is 11.4 Å². The molecule has 2 fully saturated rings. The molecule has 0 spiro atoms. The Bertz CT molecular complexity index is 935. The van der Waals surface area contributed by atoms with Gasteiger partial charge in [-0.1, -0.05) is 24.6 Å². The fourth-order valence-electron chi connectivity index (χ4n) is 4.43. The first kappa shape index (κ1) is 23.7. The number of piperidine rings is 1. The molecule has 1 aromatic carbocycles. The number of hydrogen-bond donors (Lipinski definition) is 2. The van der Waals surface area contributed by atoms with Crippen LogP contribution in [0, 0.1) is 17.7 Å². The van der Waals surface area contributed by atoms with E-state index in [1.807, 2.05) is 6.92 Å². The molecule has 7 nitrogen and oxygen atoms in total. The molecule has 1 aliphatic carbocycles. The van der Waals surface area contributed by atoms with Crippen LogP contribution in [0.3, 0.4) is 0 Å². The van der Waals surface area contributed by atoms with Crippen molar-refractivity contribution in [2.24, 2.45) is 11.8 Å². The van der Waals surface area contributed by atoms with Crippen molar-refractivity contribution in [1.82, 2.24) is 20.3 Å². The minimum absolute atomic E-state index is 0.160. The van der Waals surface area contributed by atoms with Gasteiger partial charge in [0.25, 0.3) is 0 Å². The zero-order chi connectivity index (χ0) is 23.3. The van der Waals surface area contributed by atoms with E-state index in [9.17, 15) is 14.3 Å². The molecule has 0 radical (unpaired) electrons. The molecule has 2 N–H and O–H groups in total. The zero-order valence-corrected chi connectivity index (χ0v) is 19.4. The number of carbonyl (C=O) groups excluding carboxylic acids is 1. The number of unbranched alkanes of at least 4 members (excludes halogenated alkanes) is 1. The lowest BCUT2D eigenvalue weighted by Crippen LogP contribution is -2.34. The topological polar surface area (TPSA) is 89.3 Å². The summed E-state index contributed by atoms with van der Waals surface area (Å²) in [5.74, 6) is 1.03. The van der Waals surface area contributed by atoms with Gasteiger partial charge >= 0.3 is 0 Å². The Morgan fingerprint density at radius 3 is 2.85 bits per heavy atom. The number of halogens is 1. The second-order valence-electron chi connectivity index (χ2n) is 9.62. The number of aliphatic hydroxyl groups is 1. The van der Waals surface area contributed by atoms with Crippen molar-refractivity contribution in [2.45, 2.75) is 76.9 Å². The van der Waals surface area contributed by atoms with Crippen LogP contribution in [0.2, 0.25) is 0 Å². The van der Waals surface area contributed by atoms with Crippen molar-refractivity contribution in [3.63, 3.8) is 0 Å². The van der Waals surface area contributed by atoms with E-state index in [-0.39, 0.29) is 18.2 Å². The maximum atomic E-state index is 14.2. The minimum atomic E-state index is -1.20. The van der Waals surface area contributed by atoms with Crippen molar-refractivity contribution in [3.8, 4) is 5.75 Å². The first-order chi connectivity index (χ1) is 16.0. The summed E-state index contributed by atoms with van der Waals surface area (Å²) in [7, 11) is 0. The van der Waals surface area contributed by atoms with Crippen LogP contribution < -0.4 is 10.1 Å². The first-order valence-corrected chi connectivity index (χ1v) is 12.3. The van der Waals surface area contributed by atoms with Crippen molar-refractivity contribution in [2.75, 3.05) is 13.2 Å². The number of aryl methyl sites for hydroxylation is 1. The molecule has 2 atom stereocenters. The Kier molecular flexibility index (Phi) is 7.63. The van der Waals surface area contributed by atoms with Gasteiger partial charge in [-0.15, -0.1) is 5.10 Å². The highest BCUT2D eigenvalue weighted by atomic mass is 19.1. The molecule has 1 aromatic heterocycles. The van der Waals surface area contributed by atoms with Crippen molar-refractivity contribution in [1.29, 1.82) is 0 Å². The number of nitrogens with one attached hydrogen (secondary N) is 1. The third kappa shape index (κ3) is 6.31. The third-order valence-electron chi connectivity index (χ3n) is 7.00. The van der Waals surface area contributed by atoms with Crippen LogP contribution in [0.5, 0.6) is 5.75 Å². The fraction of sp³-hybridized carbons (Fsp3) is 0.640. The van der Waals surface area contributed by atoms with Crippen LogP contribution in [0.4, 0.5) is 4.39 Å². The van der Waals surface area contributed by atoms with Gasteiger partial charge in [0.15, 0.2) is 11.6 Å². The summed E-state index contributed by atoms with van der Waals surface area (Å²) in [4.78, 5) is 11.3. The molecular formula is C25H35FN4O3. The lowest BCUT2D eigenvalue weighted by molar-refractivity contribution is -0.123. The predicted octanol–water partition coefficient (Wildman–Crippen LogP) is 3.74. The Hall–Kier alpha value is -2.48. The molecule has 1 saturated carbocycles. The molecule has 1 unspecified atom stereocenters. The van der Waals surface area contributed by atoms with Crippen molar-refractivity contribution < 1.29 is 19.0 Å². The SMILES string of the molecule is CC[C@@](O)(Cn1nncc1CCCCC1CCC(=O)NC1)c1ccc(F)c(OCC2CC2)c1. The monoisotopic (exact) mass is 458 g/mol. The van der Waals surface area contributed by atoms with Crippen LogP contribution in [0.25, 0.3) is 0 Å². The molecule has 33 heavy (non-hydrogen) atoms. The van der Waals surface area contributed by atoms with E-state index in [1.54, 1.807) is 23.0 Å². The number of aromatic nitrogens is 3. The fourth-order valence-corrected chi connectivity index (χ4v) is 4.43. The summed E-state index contributed by atoms with van der Waals surface area (Å²) in [5.41, 5.74) is 0.401. The number of rotatable bonds is 12. The quantitative estimate of drug-likeness (QED) is 0.473. The van der Waals surface area contributed by atoms with Gasteiger partial charge in [-0.05, 0) is 74.5 Å². The Balaban J connectivity index is 1.34. The largest absolute Gasteiger partial charge is 0.490 e. The normalized spacial score (nSPS) is 20.3. The molecule has 4 rings (SSSR count). The maximum Gasteiger partial charge on any atom is 0.220 e. The van der Waals surface area contributed by atoms with Crippen LogP contribution in [-0.4, -0.2) is 39.2 Å². The summed E-state index contributed by atoms with van der Waals surface area (Å²) in [5, 5.41) is 22.7. The third-order valence-corrected chi connectivity index (χ3v) is 7.00. The summed E-state index contributed by atoms with van der Waals surface area (Å²) in [6, 6.07) is 4.62. The number of benzene rings is 1. The average Bonchev–Trinajstić information content (AvgIpc) is 3.55. The van der Waals surface area contributed by atoms with Gasteiger partial charge in [0.2, 0.25) is 5.91 Å². The summed E-state index contributed by atoms with van der Waals surface area (Å²) in [6.45, 7) is 3.46. The summed E-state index contributed by atoms with van der Waals surface area (Å²) >= 11 is 0. The highest BCUT2D eigenvalue weighted by molar-refractivity contribution is 5.76. The molecule has 180 valence electrons. The number of amides is 1.